The van der Waals surface area contributed by atoms with Crippen LogP contribution >= 0.6 is 0 Å². The Labute approximate surface area is 171 Å². The van der Waals surface area contributed by atoms with E-state index in [0.717, 1.165) is 42.9 Å². The first-order valence-corrected chi connectivity index (χ1v) is 9.91. The van der Waals surface area contributed by atoms with Crippen molar-refractivity contribution in [1.82, 2.24) is 19.7 Å². The van der Waals surface area contributed by atoms with Crippen LogP contribution in [0.5, 0.6) is 17.2 Å². The number of ether oxygens (including phenoxy) is 3. The van der Waals surface area contributed by atoms with Crippen LogP contribution < -0.4 is 14.2 Å². The molecule has 3 heterocycles. The van der Waals surface area contributed by atoms with Gasteiger partial charge in [0.15, 0.2) is 11.5 Å². The van der Waals surface area contributed by atoms with Gasteiger partial charge in [-0.3, -0.25) is 10.00 Å². The molecule has 2 aromatic heterocycles. The number of H-pyrrole nitrogens is 1. The number of nitrogens with one attached hydrogen (secondary N) is 1. The fourth-order valence-electron chi connectivity index (χ4n) is 4.29. The van der Waals surface area contributed by atoms with Gasteiger partial charge in [-0.2, -0.15) is 5.10 Å². The summed E-state index contributed by atoms with van der Waals surface area (Å²) in [5.74, 6) is 1.84. The average molecular weight is 396 g/mol. The molecule has 1 unspecified atom stereocenters. The van der Waals surface area contributed by atoms with Gasteiger partial charge in [0.25, 0.3) is 0 Å². The third kappa shape index (κ3) is 3.46. The summed E-state index contributed by atoms with van der Waals surface area (Å²) in [7, 11) is 4.87. The number of rotatable bonds is 7. The maximum absolute atomic E-state index is 5.52. The van der Waals surface area contributed by atoms with Crippen LogP contribution in [0, 0.1) is 0 Å². The molecule has 0 bridgehead atoms. The molecule has 0 aliphatic carbocycles. The van der Waals surface area contributed by atoms with Crippen molar-refractivity contribution < 1.29 is 14.2 Å². The molecule has 1 aliphatic heterocycles. The topological polar surface area (TPSA) is 64.5 Å². The Balaban J connectivity index is 1.66. The predicted molar refractivity (Wildman–Crippen MR) is 112 cm³/mol. The molecule has 1 aliphatic rings. The third-order valence-electron chi connectivity index (χ3n) is 5.71. The lowest BCUT2D eigenvalue weighted by Gasteiger charge is -2.36. The molecule has 4 rings (SSSR count). The highest BCUT2D eigenvalue weighted by molar-refractivity contribution is 5.70. The van der Waals surface area contributed by atoms with Crippen molar-refractivity contribution in [3.63, 3.8) is 0 Å². The van der Waals surface area contributed by atoms with E-state index in [2.05, 4.69) is 44.9 Å². The van der Waals surface area contributed by atoms with E-state index in [1.54, 1.807) is 21.3 Å². The van der Waals surface area contributed by atoms with Crippen LogP contribution in [-0.4, -0.2) is 47.5 Å². The van der Waals surface area contributed by atoms with Crippen LogP contribution in [0.2, 0.25) is 0 Å². The predicted octanol–water partition coefficient (Wildman–Crippen LogP) is 3.87. The number of aromatic amines is 1. The van der Waals surface area contributed by atoms with Crippen molar-refractivity contribution >= 4 is 0 Å². The second kappa shape index (κ2) is 8.21. The molecule has 0 saturated carbocycles. The highest BCUT2D eigenvalue weighted by Crippen LogP contribution is 2.41. The number of fused-ring (bicyclic) bond motifs is 1. The summed E-state index contributed by atoms with van der Waals surface area (Å²) in [4.78, 5) is 2.53. The Kier molecular flexibility index (Phi) is 5.49. The van der Waals surface area contributed by atoms with Gasteiger partial charge in [0.2, 0.25) is 5.75 Å². The molecular weight excluding hydrogens is 368 g/mol. The van der Waals surface area contributed by atoms with E-state index >= 15 is 0 Å². The molecule has 7 heteroatoms. The van der Waals surface area contributed by atoms with Crippen molar-refractivity contribution in [3.8, 4) is 28.5 Å². The summed E-state index contributed by atoms with van der Waals surface area (Å²) in [6.45, 7) is 5.10. The van der Waals surface area contributed by atoms with E-state index in [0.29, 0.717) is 23.3 Å². The SMILES string of the molecule is CCC1c2cccn2CCN1Cc1cn[nH]c1-c1cc(OC)c(OC)c(OC)c1. The van der Waals surface area contributed by atoms with Gasteiger partial charge < -0.3 is 18.8 Å². The van der Waals surface area contributed by atoms with Gasteiger partial charge in [-0.25, -0.2) is 0 Å². The number of methoxy groups -OCH3 is 3. The van der Waals surface area contributed by atoms with Crippen molar-refractivity contribution in [1.29, 1.82) is 0 Å². The van der Waals surface area contributed by atoms with Crippen LogP contribution in [0.1, 0.15) is 30.6 Å². The van der Waals surface area contributed by atoms with E-state index in [4.69, 9.17) is 14.2 Å². The van der Waals surface area contributed by atoms with E-state index < -0.39 is 0 Å². The zero-order valence-electron chi connectivity index (χ0n) is 17.4. The summed E-state index contributed by atoms with van der Waals surface area (Å²) < 4.78 is 18.9. The maximum Gasteiger partial charge on any atom is 0.203 e. The van der Waals surface area contributed by atoms with Gasteiger partial charge in [0, 0.05) is 42.7 Å². The second-order valence-corrected chi connectivity index (χ2v) is 7.21. The molecule has 0 radical (unpaired) electrons. The largest absolute Gasteiger partial charge is 0.493 e. The Morgan fingerprint density at radius 1 is 1.10 bits per heavy atom. The second-order valence-electron chi connectivity index (χ2n) is 7.21. The Hall–Kier alpha value is -2.93. The molecule has 0 amide bonds. The maximum atomic E-state index is 5.52. The minimum absolute atomic E-state index is 0.404. The molecule has 0 fully saturated rings. The lowest BCUT2D eigenvalue weighted by Crippen LogP contribution is -2.37. The van der Waals surface area contributed by atoms with E-state index in [1.165, 1.54) is 5.69 Å². The molecule has 154 valence electrons. The molecular formula is C22H28N4O3. The summed E-state index contributed by atoms with van der Waals surface area (Å²) >= 11 is 0. The van der Waals surface area contributed by atoms with Crippen LogP contribution in [0.15, 0.2) is 36.7 Å². The number of hydrogen-bond donors (Lipinski definition) is 1. The van der Waals surface area contributed by atoms with E-state index in [-0.39, 0.29) is 0 Å². The Bertz CT molecular complexity index is 953. The zero-order valence-corrected chi connectivity index (χ0v) is 17.4. The fourth-order valence-corrected chi connectivity index (χ4v) is 4.29. The standard InChI is InChI=1S/C22H28N4O3/c1-5-17-18-7-6-8-25(18)9-10-26(17)14-16-13-23-24-21(16)15-11-19(27-2)22(29-4)20(12-15)28-3/h6-8,11-13,17H,5,9-10,14H2,1-4H3,(H,23,24). The smallest absolute Gasteiger partial charge is 0.203 e. The Morgan fingerprint density at radius 3 is 2.52 bits per heavy atom. The average Bonchev–Trinajstić information content (AvgIpc) is 3.41. The monoisotopic (exact) mass is 396 g/mol. The molecule has 7 nitrogen and oxygen atoms in total. The van der Waals surface area contributed by atoms with Gasteiger partial charge in [0.1, 0.15) is 0 Å². The van der Waals surface area contributed by atoms with Gasteiger partial charge in [-0.15, -0.1) is 0 Å². The van der Waals surface area contributed by atoms with Crippen LogP contribution in [0.25, 0.3) is 11.3 Å². The molecule has 1 aromatic carbocycles. The van der Waals surface area contributed by atoms with E-state index in [1.807, 2.05) is 18.3 Å². The molecule has 29 heavy (non-hydrogen) atoms. The first-order chi connectivity index (χ1) is 14.2. The summed E-state index contributed by atoms with van der Waals surface area (Å²) in [5, 5.41) is 7.50. The first kappa shape index (κ1) is 19.4. The Morgan fingerprint density at radius 2 is 1.86 bits per heavy atom. The van der Waals surface area contributed by atoms with Gasteiger partial charge in [0.05, 0.1) is 39.3 Å². The van der Waals surface area contributed by atoms with Crippen molar-refractivity contribution in [2.45, 2.75) is 32.5 Å². The van der Waals surface area contributed by atoms with Gasteiger partial charge in [-0.05, 0) is 30.7 Å². The van der Waals surface area contributed by atoms with Crippen molar-refractivity contribution in [2.24, 2.45) is 0 Å². The van der Waals surface area contributed by atoms with Crippen LogP contribution in [0.4, 0.5) is 0 Å². The van der Waals surface area contributed by atoms with Crippen LogP contribution in [0.3, 0.4) is 0 Å². The molecule has 1 N–H and O–H groups in total. The van der Waals surface area contributed by atoms with E-state index in [9.17, 15) is 0 Å². The zero-order chi connectivity index (χ0) is 20.4. The first-order valence-electron chi connectivity index (χ1n) is 9.91. The highest BCUT2D eigenvalue weighted by Gasteiger charge is 2.27. The lowest BCUT2D eigenvalue weighted by atomic mass is 10.0. The van der Waals surface area contributed by atoms with Gasteiger partial charge >= 0.3 is 0 Å². The lowest BCUT2D eigenvalue weighted by molar-refractivity contribution is 0.144. The molecule has 1 atom stereocenters. The summed E-state index contributed by atoms with van der Waals surface area (Å²) in [6, 6.07) is 8.69. The number of benzene rings is 1. The van der Waals surface area contributed by atoms with Crippen molar-refractivity contribution in [2.75, 3.05) is 27.9 Å². The quantitative estimate of drug-likeness (QED) is 0.657. The highest BCUT2D eigenvalue weighted by atomic mass is 16.5. The number of aromatic nitrogens is 3. The number of nitrogens with zero attached hydrogens (tertiary/aromatic N) is 3. The van der Waals surface area contributed by atoms with Crippen LogP contribution in [-0.2, 0) is 13.1 Å². The van der Waals surface area contributed by atoms with Crippen molar-refractivity contribution in [3.05, 3.63) is 47.9 Å². The minimum atomic E-state index is 0.404. The normalized spacial score (nSPS) is 16.5. The molecule has 0 spiro atoms. The minimum Gasteiger partial charge on any atom is -0.493 e. The third-order valence-corrected chi connectivity index (χ3v) is 5.71. The molecule has 0 saturated heterocycles. The summed E-state index contributed by atoms with van der Waals surface area (Å²) in [5.41, 5.74) is 4.47. The summed E-state index contributed by atoms with van der Waals surface area (Å²) in [6.07, 6.45) is 5.16. The van der Waals surface area contributed by atoms with Gasteiger partial charge in [-0.1, -0.05) is 6.92 Å². The molecule has 3 aromatic rings. The fraction of sp³-hybridized carbons (Fsp3) is 0.409. The number of hydrogen-bond acceptors (Lipinski definition) is 5.